The maximum Gasteiger partial charge on any atom is 0.250 e. The summed E-state index contributed by atoms with van der Waals surface area (Å²) in [6, 6.07) is 5.57. The van der Waals surface area contributed by atoms with Crippen molar-refractivity contribution < 1.29 is 0 Å². The summed E-state index contributed by atoms with van der Waals surface area (Å²) in [5.41, 5.74) is 6.06. The second-order valence-electron chi connectivity index (χ2n) is 5.29. The van der Waals surface area contributed by atoms with E-state index in [1.165, 1.54) is 12.8 Å². The van der Waals surface area contributed by atoms with Gasteiger partial charge in [0.1, 0.15) is 0 Å². The molecule has 2 rings (SSSR count). The van der Waals surface area contributed by atoms with Crippen LogP contribution < -0.4 is 11.3 Å². The molecule has 1 aliphatic rings. The summed E-state index contributed by atoms with van der Waals surface area (Å²) in [6.07, 6.45) is 4.31. The quantitative estimate of drug-likeness (QED) is 0.863. The smallest absolute Gasteiger partial charge is 0.250 e. The lowest BCUT2D eigenvalue weighted by Crippen LogP contribution is -2.43. The number of nitrogens with two attached hydrogens (primary N) is 1. The lowest BCUT2D eigenvalue weighted by atomic mass is 9.92. The summed E-state index contributed by atoms with van der Waals surface area (Å²) in [6.45, 7) is 6.00. The van der Waals surface area contributed by atoms with Crippen LogP contribution in [0.5, 0.6) is 0 Å². The molecule has 0 radical (unpaired) electrons. The third kappa shape index (κ3) is 3.43. The number of aromatic nitrogens is 1. The zero-order chi connectivity index (χ0) is 13.0. The number of rotatable bonds is 4. The van der Waals surface area contributed by atoms with Gasteiger partial charge in [-0.2, -0.15) is 0 Å². The molecular formula is C14H23N3O. The molecule has 2 atom stereocenters. The molecule has 0 aromatic carbocycles. The Balaban J connectivity index is 1.87. The van der Waals surface area contributed by atoms with Gasteiger partial charge in [-0.1, -0.05) is 6.07 Å². The molecule has 1 aromatic rings. The van der Waals surface area contributed by atoms with E-state index < -0.39 is 0 Å². The van der Waals surface area contributed by atoms with Gasteiger partial charge in [0.25, 0.3) is 5.56 Å². The molecule has 4 heteroatoms. The van der Waals surface area contributed by atoms with E-state index in [0.717, 1.165) is 26.2 Å². The van der Waals surface area contributed by atoms with Crippen LogP contribution in [0, 0.1) is 5.92 Å². The lowest BCUT2D eigenvalue weighted by Gasteiger charge is -2.34. The molecule has 4 nitrogen and oxygen atoms in total. The van der Waals surface area contributed by atoms with Gasteiger partial charge >= 0.3 is 0 Å². The van der Waals surface area contributed by atoms with Gasteiger partial charge in [-0.05, 0) is 38.3 Å². The molecule has 100 valence electrons. The van der Waals surface area contributed by atoms with E-state index >= 15 is 0 Å². The van der Waals surface area contributed by atoms with Crippen LogP contribution >= 0.6 is 0 Å². The molecule has 2 heterocycles. The van der Waals surface area contributed by atoms with E-state index in [9.17, 15) is 4.79 Å². The Labute approximate surface area is 108 Å². The van der Waals surface area contributed by atoms with Crippen molar-refractivity contribution >= 4 is 0 Å². The van der Waals surface area contributed by atoms with Crippen LogP contribution in [-0.4, -0.2) is 35.1 Å². The van der Waals surface area contributed by atoms with Crippen molar-refractivity contribution in [2.45, 2.75) is 32.4 Å². The highest BCUT2D eigenvalue weighted by molar-refractivity contribution is 4.93. The van der Waals surface area contributed by atoms with Crippen molar-refractivity contribution in [1.82, 2.24) is 9.47 Å². The first-order valence-electron chi connectivity index (χ1n) is 6.80. The van der Waals surface area contributed by atoms with E-state index in [1.54, 1.807) is 16.7 Å². The Morgan fingerprint density at radius 2 is 2.28 bits per heavy atom. The fraction of sp³-hybridized carbons (Fsp3) is 0.643. The summed E-state index contributed by atoms with van der Waals surface area (Å²) < 4.78 is 1.77. The molecule has 1 fully saturated rings. The van der Waals surface area contributed by atoms with Crippen LogP contribution in [0.2, 0.25) is 0 Å². The van der Waals surface area contributed by atoms with Crippen LogP contribution in [0.4, 0.5) is 0 Å². The highest BCUT2D eigenvalue weighted by atomic mass is 16.1. The Morgan fingerprint density at radius 1 is 1.44 bits per heavy atom. The number of hydrogen-bond donors (Lipinski definition) is 1. The van der Waals surface area contributed by atoms with Gasteiger partial charge in [-0.15, -0.1) is 0 Å². The molecule has 2 unspecified atom stereocenters. The van der Waals surface area contributed by atoms with Gasteiger partial charge in [0.15, 0.2) is 0 Å². The largest absolute Gasteiger partial charge is 0.328 e. The normalized spacial score (nSPS) is 22.9. The molecular weight excluding hydrogens is 226 g/mol. The fourth-order valence-electron chi connectivity index (χ4n) is 2.62. The van der Waals surface area contributed by atoms with Gasteiger partial charge in [0.2, 0.25) is 0 Å². The van der Waals surface area contributed by atoms with E-state index in [4.69, 9.17) is 5.73 Å². The topological polar surface area (TPSA) is 51.3 Å². The second-order valence-corrected chi connectivity index (χ2v) is 5.29. The summed E-state index contributed by atoms with van der Waals surface area (Å²) in [5.74, 6) is 0.603. The summed E-state index contributed by atoms with van der Waals surface area (Å²) in [7, 11) is 0. The molecule has 0 spiro atoms. The van der Waals surface area contributed by atoms with Crippen LogP contribution in [0.25, 0.3) is 0 Å². The molecule has 2 N–H and O–H groups in total. The van der Waals surface area contributed by atoms with Gasteiger partial charge in [-0.3, -0.25) is 4.79 Å². The zero-order valence-electron chi connectivity index (χ0n) is 11.1. The molecule has 1 aliphatic heterocycles. The van der Waals surface area contributed by atoms with Crippen molar-refractivity contribution in [2.24, 2.45) is 11.7 Å². The molecule has 0 aliphatic carbocycles. The van der Waals surface area contributed by atoms with Crippen molar-refractivity contribution in [2.75, 3.05) is 19.6 Å². The first kappa shape index (κ1) is 13.3. The number of pyridine rings is 1. The summed E-state index contributed by atoms with van der Waals surface area (Å²) in [4.78, 5) is 14.0. The minimum Gasteiger partial charge on any atom is -0.328 e. The minimum atomic E-state index is 0.0817. The van der Waals surface area contributed by atoms with Crippen molar-refractivity contribution in [3.05, 3.63) is 34.7 Å². The highest BCUT2D eigenvalue weighted by Crippen LogP contribution is 2.18. The van der Waals surface area contributed by atoms with Crippen molar-refractivity contribution in [3.63, 3.8) is 0 Å². The van der Waals surface area contributed by atoms with Gasteiger partial charge in [0, 0.05) is 37.9 Å². The first-order valence-corrected chi connectivity index (χ1v) is 6.80. The molecule has 1 aromatic heterocycles. The van der Waals surface area contributed by atoms with Crippen LogP contribution in [0.1, 0.15) is 19.8 Å². The Kier molecular flexibility index (Phi) is 4.55. The standard InChI is InChI=1S/C14H23N3O/c1-12(15)13-5-4-7-16(11-13)9-10-17-8-3-2-6-14(17)18/h2-3,6,8,12-13H,4-5,7,9-11,15H2,1H3. The number of piperidine rings is 1. The summed E-state index contributed by atoms with van der Waals surface area (Å²) >= 11 is 0. The number of hydrogen-bond acceptors (Lipinski definition) is 3. The van der Waals surface area contributed by atoms with Crippen LogP contribution in [0.3, 0.4) is 0 Å². The van der Waals surface area contributed by atoms with E-state index in [1.807, 2.05) is 12.3 Å². The van der Waals surface area contributed by atoms with Gasteiger partial charge in [0.05, 0.1) is 0 Å². The molecule has 0 amide bonds. The first-order chi connectivity index (χ1) is 8.66. The second kappa shape index (κ2) is 6.16. The Morgan fingerprint density at radius 3 is 3.00 bits per heavy atom. The minimum absolute atomic E-state index is 0.0817. The monoisotopic (exact) mass is 249 g/mol. The maximum atomic E-state index is 11.6. The maximum absolute atomic E-state index is 11.6. The lowest BCUT2D eigenvalue weighted by molar-refractivity contribution is 0.156. The molecule has 1 saturated heterocycles. The zero-order valence-corrected chi connectivity index (χ0v) is 11.1. The molecule has 0 bridgehead atoms. The van der Waals surface area contributed by atoms with Crippen molar-refractivity contribution in [3.8, 4) is 0 Å². The third-order valence-electron chi connectivity index (χ3n) is 3.84. The predicted octanol–water partition coefficient (Wildman–Crippen LogP) is 0.907. The van der Waals surface area contributed by atoms with Crippen LogP contribution in [-0.2, 0) is 6.54 Å². The number of nitrogens with zero attached hydrogens (tertiary/aromatic N) is 2. The van der Waals surface area contributed by atoms with Gasteiger partial charge in [-0.25, -0.2) is 0 Å². The SMILES string of the molecule is CC(N)C1CCCN(CCn2ccccc2=O)C1. The van der Waals surface area contributed by atoms with E-state index in [0.29, 0.717) is 5.92 Å². The third-order valence-corrected chi connectivity index (χ3v) is 3.84. The fourth-order valence-corrected chi connectivity index (χ4v) is 2.62. The number of likely N-dealkylation sites (tertiary alicyclic amines) is 1. The average Bonchev–Trinajstić information content (AvgIpc) is 2.38. The van der Waals surface area contributed by atoms with E-state index in [2.05, 4.69) is 11.8 Å². The van der Waals surface area contributed by atoms with Gasteiger partial charge < -0.3 is 15.2 Å². The summed E-state index contributed by atoms with van der Waals surface area (Å²) in [5, 5.41) is 0. The molecule has 18 heavy (non-hydrogen) atoms. The highest BCUT2D eigenvalue weighted by Gasteiger charge is 2.22. The van der Waals surface area contributed by atoms with Crippen LogP contribution in [0.15, 0.2) is 29.2 Å². The average molecular weight is 249 g/mol. The van der Waals surface area contributed by atoms with E-state index in [-0.39, 0.29) is 11.6 Å². The Hall–Kier alpha value is -1.13. The predicted molar refractivity (Wildman–Crippen MR) is 73.5 cm³/mol. The van der Waals surface area contributed by atoms with Crippen molar-refractivity contribution in [1.29, 1.82) is 0 Å². The Bertz CT molecular complexity index is 427. The molecule has 0 saturated carbocycles.